The first-order valence-electron chi connectivity index (χ1n) is 11.0. The Hall–Kier alpha value is -2.10. The van der Waals surface area contributed by atoms with Gasteiger partial charge in [-0.15, -0.1) is 0 Å². The first-order valence-corrected chi connectivity index (χ1v) is 11.0. The molecule has 0 bridgehead atoms. The predicted octanol–water partition coefficient (Wildman–Crippen LogP) is 6.50. The standard InChI is InChI=1S/C24H36N2O2/c1-3-5-6-7-8-9-10-11-12-17-22(24(27)28-4-2)26-21-18-13-15-20-16-14-19-25-23(20)21/h13-16,18-19,22,26H,3-12,17H2,1-2H3/t22-/m1/s1. The molecular formula is C24H36N2O2. The number of rotatable bonds is 14. The fraction of sp³-hybridized carbons (Fsp3) is 0.583. The SMILES string of the molecule is CCCCCCCCCCC[C@@H](Nc1cccc2cccnc12)C(=O)OCC. The molecule has 0 radical (unpaired) electrons. The van der Waals surface area contributed by atoms with Crippen LogP contribution in [0, 0.1) is 0 Å². The highest BCUT2D eigenvalue weighted by Gasteiger charge is 2.20. The highest BCUT2D eigenvalue weighted by atomic mass is 16.5. The number of carbonyl (C=O) groups is 1. The fourth-order valence-corrected chi connectivity index (χ4v) is 3.56. The van der Waals surface area contributed by atoms with E-state index in [0.717, 1.165) is 29.4 Å². The molecule has 4 heteroatoms. The van der Waals surface area contributed by atoms with Gasteiger partial charge in [0.15, 0.2) is 0 Å². The number of benzene rings is 1. The van der Waals surface area contributed by atoms with Crippen LogP contribution in [0.2, 0.25) is 0 Å². The molecule has 1 atom stereocenters. The molecule has 0 unspecified atom stereocenters. The second kappa shape index (κ2) is 13.1. The van der Waals surface area contributed by atoms with E-state index >= 15 is 0 Å². The molecule has 2 aromatic rings. The van der Waals surface area contributed by atoms with Crippen LogP contribution >= 0.6 is 0 Å². The summed E-state index contributed by atoms with van der Waals surface area (Å²) in [6, 6.07) is 9.65. The van der Waals surface area contributed by atoms with Gasteiger partial charge in [-0.05, 0) is 25.5 Å². The molecule has 1 aromatic heterocycles. The van der Waals surface area contributed by atoms with Gasteiger partial charge in [-0.25, -0.2) is 4.79 Å². The van der Waals surface area contributed by atoms with E-state index in [1.165, 1.54) is 51.4 Å². The minimum absolute atomic E-state index is 0.171. The number of fused-ring (bicyclic) bond motifs is 1. The number of para-hydroxylation sites is 1. The van der Waals surface area contributed by atoms with Crippen molar-refractivity contribution in [3.8, 4) is 0 Å². The third kappa shape index (κ3) is 7.49. The number of anilines is 1. The van der Waals surface area contributed by atoms with Crippen molar-refractivity contribution < 1.29 is 9.53 Å². The number of carbonyl (C=O) groups excluding carboxylic acids is 1. The minimum atomic E-state index is -0.322. The lowest BCUT2D eigenvalue weighted by Crippen LogP contribution is -2.31. The summed E-state index contributed by atoms with van der Waals surface area (Å²) in [5.74, 6) is -0.171. The number of nitrogens with one attached hydrogen (secondary N) is 1. The van der Waals surface area contributed by atoms with E-state index in [1.807, 2.05) is 37.3 Å². The van der Waals surface area contributed by atoms with E-state index in [0.29, 0.717) is 6.61 Å². The van der Waals surface area contributed by atoms with Gasteiger partial charge in [0.2, 0.25) is 0 Å². The van der Waals surface area contributed by atoms with Gasteiger partial charge in [0.1, 0.15) is 6.04 Å². The van der Waals surface area contributed by atoms with Crippen LogP contribution in [0.5, 0.6) is 0 Å². The maximum atomic E-state index is 12.4. The van der Waals surface area contributed by atoms with Crippen LogP contribution in [0.4, 0.5) is 5.69 Å². The highest BCUT2D eigenvalue weighted by Crippen LogP contribution is 2.23. The Kier molecular flexibility index (Phi) is 10.4. The van der Waals surface area contributed by atoms with Crippen molar-refractivity contribution in [2.75, 3.05) is 11.9 Å². The smallest absolute Gasteiger partial charge is 0.328 e. The van der Waals surface area contributed by atoms with Crippen LogP contribution in [0.25, 0.3) is 10.9 Å². The number of hydrogen-bond acceptors (Lipinski definition) is 4. The number of aromatic nitrogens is 1. The van der Waals surface area contributed by atoms with Gasteiger partial charge >= 0.3 is 5.97 Å². The van der Waals surface area contributed by atoms with E-state index < -0.39 is 0 Å². The topological polar surface area (TPSA) is 51.2 Å². The number of hydrogen-bond donors (Lipinski definition) is 1. The largest absolute Gasteiger partial charge is 0.464 e. The van der Waals surface area contributed by atoms with Gasteiger partial charge in [-0.1, -0.05) is 82.9 Å². The fourth-order valence-electron chi connectivity index (χ4n) is 3.56. The average Bonchev–Trinajstić information content (AvgIpc) is 2.72. The van der Waals surface area contributed by atoms with E-state index in [1.54, 1.807) is 6.20 Å². The summed E-state index contributed by atoms with van der Waals surface area (Å²) in [6.07, 6.45) is 14.0. The maximum Gasteiger partial charge on any atom is 0.328 e. The first kappa shape index (κ1) is 22.2. The molecule has 1 heterocycles. The molecule has 2 rings (SSSR count). The Morgan fingerprint density at radius 3 is 2.36 bits per heavy atom. The van der Waals surface area contributed by atoms with Crippen LogP contribution < -0.4 is 5.32 Å². The first-order chi connectivity index (χ1) is 13.8. The minimum Gasteiger partial charge on any atom is -0.464 e. The van der Waals surface area contributed by atoms with Gasteiger partial charge in [0, 0.05) is 11.6 Å². The zero-order valence-electron chi connectivity index (χ0n) is 17.6. The van der Waals surface area contributed by atoms with Gasteiger partial charge < -0.3 is 10.1 Å². The van der Waals surface area contributed by atoms with Crippen molar-refractivity contribution in [3.05, 3.63) is 36.5 Å². The van der Waals surface area contributed by atoms with Crippen LogP contribution in [0.1, 0.15) is 78.1 Å². The summed E-state index contributed by atoms with van der Waals surface area (Å²) < 4.78 is 5.30. The Morgan fingerprint density at radius 1 is 0.964 bits per heavy atom. The highest BCUT2D eigenvalue weighted by molar-refractivity contribution is 5.92. The molecule has 4 nitrogen and oxygen atoms in total. The van der Waals surface area contributed by atoms with Crippen molar-refractivity contribution in [2.24, 2.45) is 0 Å². The second-order valence-electron chi connectivity index (χ2n) is 7.45. The molecule has 0 saturated heterocycles. The summed E-state index contributed by atoms with van der Waals surface area (Å²) in [7, 11) is 0. The molecule has 154 valence electrons. The summed E-state index contributed by atoms with van der Waals surface area (Å²) in [5, 5.41) is 4.46. The van der Waals surface area contributed by atoms with Crippen molar-refractivity contribution in [2.45, 2.75) is 84.1 Å². The number of ether oxygens (including phenoxy) is 1. The molecule has 1 N–H and O–H groups in total. The maximum absolute atomic E-state index is 12.4. The van der Waals surface area contributed by atoms with Crippen LogP contribution in [0.15, 0.2) is 36.5 Å². The van der Waals surface area contributed by atoms with Gasteiger partial charge in [-0.3, -0.25) is 4.98 Å². The molecule has 0 amide bonds. The molecule has 1 aromatic carbocycles. The summed E-state index contributed by atoms with van der Waals surface area (Å²) in [5.41, 5.74) is 1.79. The zero-order valence-corrected chi connectivity index (χ0v) is 17.6. The molecule has 0 aliphatic rings. The molecule has 0 spiro atoms. The summed E-state index contributed by atoms with van der Waals surface area (Å²) in [4.78, 5) is 16.9. The van der Waals surface area contributed by atoms with E-state index in [4.69, 9.17) is 4.74 Å². The Bertz CT molecular complexity index is 697. The third-order valence-electron chi connectivity index (χ3n) is 5.13. The second-order valence-corrected chi connectivity index (χ2v) is 7.45. The summed E-state index contributed by atoms with van der Waals surface area (Å²) >= 11 is 0. The third-order valence-corrected chi connectivity index (χ3v) is 5.13. The summed E-state index contributed by atoms with van der Waals surface area (Å²) in [6.45, 7) is 4.51. The van der Waals surface area contributed by atoms with Crippen LogP contribution in [0.3, 0.4) is 0 Å². The Labute approximate surface area is 170 Å². The number of nitrogens with zero attached hydrogens (tertiary/aromatic N) is 1. The number of pyridine rings is 1. The van der Waals surface area contributed by atoms with E-state index in [2.05, 4.69) is 17.2 Å². The predicted molar refractivity (Wildman–Crippen MR) is 118 cm³/mol. The molecule has 0 fully saturated rings. The normalized spacial score (nSPS) is 12.1. The molecular weight excluding hydrogens is 348 g/mol. The van der Waals surface area contributed by atoms with E-state index in [9.17, 15) is 4.79 Å². The quantitative estimate of drug-likeness (QED) is 0.298. The lowest BCUT2D eigenvalue weighted by molar-refractivity contribution is -0.144. The Morgan fingerprint density at radius 2 is 1.64 bits per heavy atom. The number of esters is 1. The number of unbranched alkanes of at least 4 members (excludes halogenated alkanes) is 8. The van der Waals surface area contributed by atoms with Crippen molar-refractivity contribution in [1.82, 2.24) is 4.98 Å². The molecule has 0 aliphatic heterocycles. The average molecular weight is 385 g/mol. The van der Waals surface area contributed by atoms with Gasteiger partial charge in [0.05, 0.1) is 17.8 Å². The monoisotopic (exact) mass is 384 g/mol. The van der Waals surface area contributed by atoms with Crippen molar-refractivity contribution in [1.29, 1.82) is 0 Å². The molecule has 0 aliphatic carbocycles. The van der Waals surface area contributed by atoms with E-state index in [-0.39, 0.29) is 12.0 Å². The zero-order chi connectivity index (χ0) is 20.0. The van der Waals surface area contributed by atoms with Crippen molar-refractivity contribution in [3.63, 3.8) is 0 Å². The lowest BCUT2D eigenvalue weighted by Gasteiger charge is -2.19. The van der Waals surface area contributed by atoms with Gasteiger partial charge in [-0.2, -0.15) is 0 Å². The van der Waals surface area contributed by atoms with Crippen molar-refractivity contribution >= 4 is 22.6 Å². The molecule has 28 heavy (non-hydrogen) atoms. The molecule has 0 saturated carbocycles. The Balaban J connectivity index is 1.84. The lowest BCUT2D eigenvalue weighted by atomic mass is 10.0. The van der Waals surface area contributed by atoms with Crippen LogP contribution in [-0.2, 0) is 9.53 Å². The van der Waals surface area contributed by atoms with Crippen LogP contribution in [-0.4, -0.2) is 23.6 Å². The van der Waals surface area contributed by atoms with Gasteiger partial charge in [0.25, 0.3) is 0 Å².